The summed E-state index contributed by atoms with van der Waals surface area (Å²) in [5, 5.41) is 32.1. The highest BCUT2D eigenvalue weighted by Gasteiger charge is 1.88. The Labute approximate surface area is 128 Å². The van der Waals surface area contributed by atoms with Crippen LogP contribution in [0.1, 0.15) is 12.8 Å². The summed E-state index contributed by atoms with van der Waals surface area (Å²) in [5.74, 6) is 0.751. The standard InChI is InChI=1S/C4H10O2S.2C3H6O2S/c5-1-3-7-4-2-6;2*4-3(5)1-2-6/h5-6H,1-4H2;2*6H,1-2H2,(H,4,5). The van der Waals surface area contributed by atoms with E-state index in [2.05, 4.69) is 25.3 Å². The lowest BCUT2D eigenvalue weighted by atomic mass is 10.5. The van der Waals surface area contributed by atoms with Gasteiger partial charge in [-0.1, -0.05) is 0 Å². The van der Waals surface area contributed by atoms with Gasteiger partial charge in [0.05, 0.1) is 26.1 Å². The molecule has 0 aliphatic heterocycles. The van der Waals surface area contributed by atoms with Gasteiger partial charge in [0.15, 0.2) is 0 Å². The molecule has 0 atom stereocenters. The van der Waals surface area contributed by atoms with Gasteiger partial charge in [0.1, 0.15) is 0 Å². The SMILES string of the molecule is O=C(O)CCS.O=C(O)CCS.OCCSCCO. The average molecular weight is 334 g/mol. The third-order valence-electron chi connectivity index (χ3n) is 1.12. The third-order valence-corrected chi connectivity index (χ3v) is 2.51. The van der Waals surface area contributed by atoms with Gasteiger partial charge in [-0.05, 0) is 0 Å². The Balaban J connectivity index is -0.000000203. The number of aliphatic hydroxyl groups is 2. The quantitative estimate of drug-likeness (QED) is 0.283. The Morgan fingerprint density at radius 3 is 1.26 bits per heavy atom. The second-order valence-electron chi connectivity index (χ2n) is 2.79. The Hall–Kier alpha value is -0.0900. The predicted molar refractivity (Wildman–Crippen MR) is 83.7 cm³/mol. The molecular weight excluding hydrogens is 312 g/mol. The van der Waals surface area contributed by atoms with Crippen molar-refractivity contribution >= 4 is 49.0 Å². The van der Waals surface area contributed by atoms with Crippen molar-refractivity contribution in [2.45, 2.75) is 12.8 Å². The van der Waals surface area contributed by atoms with Gasteiger partial charge in [-0.25, -0.2) is 0 Å². The zero-order valence-corrected chi connectivity index (χ0v) is 13.2. The molecular formula is C10H22O6S3. The lowest BCUT2D eigenvalue weighted by Crippen LogP contribution is -1.93. The molecule has 0 amide bonds. The second kappa shape index (κ2) is 23.0. The van der Waals surface area contributed by atoms with Crippen molar-refractivity contribution in [3.63, 3.8) is 0 Å². The summed E-state index contributed by atoms with van der Waals surface area (Å²) in [5.41, 5.74) is 0. The molecule has 6 nitrogen and oxygen atoms in total. The Kier molecular flexibility index (Phi) is 29.1. The molecule has 19 heavy (non-hydrogen) atoms. The largest absolute Gasteiger partial charge is 0.481 e. The fraction of sp³-hybridized carbons (Fsp3) is 0.800. The van der Waals surface area contributed by atoms with Crippen molar-refractivity contribution in [2.24, 2.45) is 0 Å². The summed E-state index contributed by atoms with van der Waals surface area (Å²) in [6.45, 7) is 0.426. The van der Waals surface area contributed by atoms with Crippen LogP contribution in [0.25, 0.3) is 0 Å². The van der Waals surface area contributed by atoms with E-state index in [-0.39, 0.29) is 26.1 Å². The Bertz CT molecular complexity index is 184. The summed E-state index contributed by atoms with van der Waals surface area (Å²) in [4.78, 5) is 19.1. The number of carbonyl (C=O) groups is 2. The average Bonchev–Trinajstić information content (AvgIpc) is 2.31. The number of hydrogen-bond acceptors (Lipinski definition) is 7. The molecule has 0 fully saturated rings. The minimum absolute atomic E-state index is 0.156. The zero-order valence-electron chi connectivity index (χ0n) is 10.6. The van der Waals surface area contributed by atoms with Crippen LogP contribution >= 0.6 is 37.0 Å². The van der Waals surface area contributed by atoms with E-state index in [4.69, 9.17) is 20.4 Å². The number of aliphatic hydroxyl groups excluding tert-OH is 2. The minimum atomic E-state index is -0.787. The monoisotopic (exact) mass is 334 g/mol. The van der Waals surface area contributed by atoms with E-state index in [1.165, 1.54) is 0 Å². The van der Waals surface area contributed by atoms with Crippen molar-refractivity contribution < 1.29 is 30.0 Å². The maximum Gasteiger partial charge on any atom is 0.304 e. The topological polar surface area (TPSA) is 115 Å². The summed E-state index contributed by atoms with van der Waals surface area (Å²) in [7, 11) is 0. The Morgan fingerprint density at radius 2 is 1.16 bits per heavy atom. The van der Waals surface area contributed by atoms with Crippen LogP contribution in [-0.2, 0) is 9.59 Å². The van der Waals surface area contributed by atoms with Crippen LogP contribution in [-0.4, -0.2) is 68.6 Å². The maximum absolute atomic E-state index is 9.55. The zero-order chi connectivity index (χ0) is 15.5. The van der Waals surface area contributed by atoms with E-state index in [0.717, 1.165) is 11.5 Å². The molecule has 0 aliphatic carbocycles. The Morgan fingerprint density at radius 1 is 0.842 bits per heavy atom. The van der Waals surface area contributed by atoms with E-state index in [9.17, 15) is 9.59 Å². The van der Waals surface area contributed by atoms with Crippen LogP contribution in [0.4, 0.5) is 0 Å². The number of carboxylic acid groups (broad SMARTS) is 2. The summed E-state index contributed by atoms with van der Waals surface area (Å²) < 4.78 is 0. The number of carboxylic acids is 2. The summed E-state index contributed by atoms with van der Waals surface area (Å²) in [6, 6.07) is 0. The fourth-order valence-corrected chi connectivity index (χ4v) is 1.27. The molecule has 0 radical (unpaired) electrons. The van der Waals surface area contributed by atoms with E-state index in [1.54, 1.807) is 11.8 Å². The van der Waals surface area contributed by atoms with E-state index >= 15 is 0 Å². The first kappa shape index (κ1) is 24.0. The van der Waals surface area contributed by atoms with E-state index in [0.29, 0.717) is 11.5 Å². The van der Waals surface area contributed by atoms with Crippen LogP contribution < -0.4 is 0 Å². The minimum Gasteiger partial charge on any atom is -0.481 e. The first-order valence-electron chi connectivity index (χ1n) is 5.40. The molecule has 0 heterocycles. The first-order chi connectivity index (χ1) is 8.95. The molecule has 0 aromatic heterocycles. The summed E-state index contributed by atoms with van der Waals surface area (Å²) in [6.07, 6.45) is 0.312. The molecule has 9 heteroatoms. The molecule has 0 aliphatic rings. The highest BCUT2D eigenvalue weighted by Crippen LogP contribution is 1.94. The van der Waals surface area contributed by atoms with Crippen molar-refractivity contribution in [3.8, 4) is 0 Å². The lowest BCUT2D eigenvalue weighted by molar-refractivity contribution is -0.137. The van der Waals surface area contributed by atoms with E-state index < -0.39 is 11.9 Å². The number of hydrogen-bond donors (Lipinski definition) is 6. The van der Waals surface area contributed by atoms with Crippen LogP contribution in [0, 0.1) is 0 Å². The van der Waals surface area contributed by atoms with Crippen LogP contribution in [0.3, 0.4) is 0 Å². The molecule has 116 valence electrons. The highest BCUT2D eigenvalue weighted by atomic mass is 32.2. The molecule has 0 saturated heterocycles. The molecule has 4 N–H and O–H groups in total. The van der Waals surface area contributed by atoms with Gasteiger partial charge < -0.3 is 20.4 Å². The van der Waals surface area contributed by atoms with Gasteiger partial charge in [-0.3, -0.25) is 9.59 Å². The fourth-order valence-electron chi connectivity index (χ4n) is 0.422. The molecule has 0 bridgehead atoms. The molecule has 0 spiro atoms. The lowest BCUT2D eigenvalue weighted by Gasteiger charge is -1.90. The molecule has 0 aromatic carbocycles. The smallest absolute Gasteiger partial charge is 0.304 e. The van der Waals surface area contributed by atoms with Gasteiger partial charge in [0.2, 0.25) is 0 Å². The number of thioether (sulfide) groups is 1. The third kappa shape index (κ3) is 46.2. The van der Waals surface area contributed by atoms with Crippen LogP contribution in [0.2, 0.25) is 0 Å². The predicted octanol–water partition coefficient (Wildman–Crippen LogP) is 0.486. The molecule has 0 aromatic rings. The summed E-state index contributed by atoms with van der Waals surface area (Å²) >= 11 is 8.91. The first-order valence-corrected chi connectivity index (χ1v) is 7.82. The maximum atomic E-state index is 9.55. The number of aliphatic carboxylic acids is 2. The van der Waals surface area contributed by atoms with Crippen LogP contribution in [0.5, 0.6) is 0 Å². The van der Waals surface area contributed by atoms with E-state index in [1.807, 2.05) is 0 Å². The van der Waals surface area contributed by atoms with Crippen molar-refractivity contribution in [1.82, 2.24) is 0 Å². The molecule has 0 unspecified atom stereocenters. The highest BCUT2D eigenvalue weighted by molar-refractivity contribution is 7.99. The normalized spacial score (nSPS) is 8.63. The van der Waals surface area contributed by atoms with Crippen molar-refractivity contribution in [2.75, 3.05) is 36.2 Å². The number of thiol groups is 2. The number of rotatable bonds is 8. The van der Waals surface area contributed by atoms with Gasteiger partial charge in [0.25, 0.3) is 0 Å². The second-order valence-corrected chi connectivity index (χ2v) is 4.91. The molecule has 0 rings (SSSR count). The van der Waals surface area contributed by atoms with Gasteiger partial charge >= 0.3 is 11.9 Å². The molecule has 0 saturated carbocycles. The van der Waals surface area contributed by atoms with Gasteiger partial charge in [-0.2, -0.15) is 37.0 Å². The van der Waals surface area contributed by atoms with Crippen molar-refractivity contribution in [3.05, 3.63) is 0 Å². The van der Waals surface area contributed by atoms with Gasteiger partial charge in [0, 0.05) is 23.0 Å². The van der Waals surface area contributed by atoms with Crippen LogP contribution in [0.15, 0.2) is 0 Å². The van der Waals surface area contributed by atoms with Crippen molar-refractivity contribution in [1.29, 1.82) is 0 Å². The van der Waals surface area contributed by atoms with Gasteiger partial charge in [-0.15, -0.1) is 0 Å².